The molecule has 0 aliphatic rings. The maximum atomic E-state index is 13.5. The van der Waals surface area contributed by atoms with Gasteiger partial charge in [0.2, 0.25) is 0 Å². The van der Waals surface area contributed by atoms with Crippen LogP contribution in [0.15, 0.2) is 16.9 Å². The highest BCUT2D eigenvalue weighted by Crippen LogP contribution is 2.27. The number of aromatic carboxylic acids is 1. The molecule has 0 atom stereocenters. The fraction of sp³-hybridized carbons (Fsp3) is 0.111. The SMILES string of the molecule is Cc1cn2c(C(=O)O)c(F)c(Br)c2cn1. The molecule has 0 aliphatic heterocycles. The molecule has 0 bridgehead atoms. The summed E-state index contributed by atoms with van der Waals surface area (Å²) in [5.74, 6) is -2.09. The average molecular weight is 273 g/mol. The van der Waals surface area contributed by atoms with Crippen molar-refractivity contribution in [2.24, 2.45) is 0 Å². The van der Waals surface area contributed by atoms with E-state index in [2.05, 4.69) is 20.9 Å². The molecule has 1 N–H and O–H groups in total. The van der Waals surface area contributed by atoms with Crippen molar-refractivity contribution in [1.82, 2.24) is 9.38 Å². The zero-order valence-electron chi connectivity index (χ0n) is 7.66. The molecule has 78 valence electrons. The van der Waals surface area contributed by atoms with Crippen LogP contribution in [0.1, 0.15) is 16.2 Å². The van der Waals surface area contributed by atoms with Gasteiger partial charge in [0.05, 0.1) is 21.9 Å². The van der Waals surface area contributed by atoms with Gasteiger partial charge < -0.3 is 9.51 Å². The van der Waals surface area contributed by atoms with Crippen LogP contribution in [0.4, 0.5) is 4.39 Å². The molecular formula is C9H6BrFN2O2. The van der Waals surface area contributed by atoms with E-state index in [1.54, 1.807) is 6.92 Å². The Balaban J connectivity index is 2.95. The molecule has 0 amide bonds. The second-order valence-corrected chi connectivity index (χ2v) is 3.86. The van der Waals surface area contributed by atoms with Crippen LogP contribution in [0.25, 0.3) is 5.52 Å². The number of carbonyl (C=O) groups is 1. The number of aryl methyl sites for hydroxylation is 1. The Morgan fingerprint density at radius 2 is 2.33 bits per heavy atom. The molecule has 0 aliphatic carbocycles. The van der Waals surface area contributed by atoms with Crippen LogP contribution in [0, 0.1) is 12.7 Å². The number of carboxylic acid groups (broad SMARTS) is 1. The largest absolute Gasteiger partial charge is 0.476 e. The van der Waals surface area contributed by atoms with Gasteiger partial charge in [0.25, 0.3) is 0 Å². The van der Waals surface area contributed by atoms with Crippen LogP contribution in [0.3, 0.4) is 0 Å². The van der Waals surface area contributed by atoms with Crippen molar-refractivity contribution in [2.45, 2.75) is 6.92 Å². The molecule has 0 fully saturated rings. The number of fused-ring (bicyclic) bond motifs is 1. The van der Waals surface area contributed by atoms with E-state index in [-0.39, 0.29) is 10.2 Å². The number of aromatic nitrogens is 2. The van der Waals surface area contributed by atoms with Gasteiger partial charge >= 0.3 is 5.97 Å². The first-order valence-electron chi connectivity index (χ1n) is 4.07. The Morgan fingerprint density at radius 3 is 2.93 bits per heavy atom. The first kappa shape index (κ1) is 10.1. The van der Waals surface area contributed by atoms with E-state index in [1.807, 2.05) is 0 Å². The van der Waals surface area contributed by atoms with Gasteiger partial charge in [0, 0.05) is 6.20 Å². The molecule has 0 spiro atoms. The average Bonchev–Trinajstić information content (AvgIpc) is 2.39. The van der Waals surface area contributed by atoms with E-state index in [4.69, 9.17) is 5.11 Å². The summed E-state index contributed by atoms with van der Waals surface area (Å²) in [5.41, 5.74) is 0.630. The quantitative estimate of drug-likeness (QED) is 0.866. The molecule has 4 nitrogen and oxygen atoms in total. The Labute approximate surface area is 92.5 Å². The Hall–Kier alpha value is -1.43. The summed E-state index contributed by atoms with van der Waals surface area (Å²) in [6, 6.07) is 0. The standard InChI is InChI=1S/C9H6BrFN2O2/c1-4-3-13-5(2-12-4)6(10)7(11)8(13)9(14)15/h2-3H,1H3,(H,14,15). The number of rotatable bonds is 1. The number of nitrogens with zero attached hydrogens (tertiary/aromatic N) is 2. The lowest BCUT2D eigenvalue weighted by Crippen LogP contribution is -2.04. The highest BCUT2D eigenvalue weighted by Gasteiger charge is 2.21. The fourth-order valence-electron chi connectivity index (χ4n) is 1.38. The molecule has 0 unspecified atom stereocenters. The maximum absolute atomic E-state index is 13.5. The molecule has 6 heteroatoms. The zero-order valence-corrected chi connectivity index (χ0v) is 9.25. The molecule has 2 rings (SSSR count). The van der Waals surface area contributed by atoms with Crippen molar-refractivity contribution in [3.63, 3.8) is 0 Å². The third kappa shape index (κ3) is 1.41. The van der Waals surface area contributed by atoms with Crippen LogP contribution in [-0.2, 0) is 0 Å². The Morgan fingerprint density at radius 1 is 1.67 bits per heavy atom. The summed E-state index contributed by atoms with van der Waals surface area (Å²) < 4.78 is 14.9. The second-order valence-electron chi connectivity index (χ2n) is 3.07. The van der Waals surface area contributed by atoms with E-state index in [0.717, 1.165) is 0 Å². The van der Waals surface area contributed by atoms with E-state index in [1.165, 1.54) is 16.8 Å². The predicted molar refractivity (Wildman–Crippen MR) is 54.5 cm³/mol. The van der Waals surface area contributed by atoms with E-state index < -0.39 is 11.8 Å². The van der Waals surface area contributed by atoms with E-state index in [9.17, 15) is 9.18 Å². The Kier molecular flexibility index (Phi) is 2.22. The van der Waals surface area contributed by atoms with Gasteiger partial charge in [-0.3, -0.25) is 4.98 Å². The van der Waals surface area contributed by atoms with Crippen molar-refractivity contribution in [2.75, 3.05) is 0 Å². The minimum absolute atomic E-state index is 0.118. The zero-order chi connectivity index (χ0) is 11.2. The molecule has 0 saturated carbocycles. The van der Waals surface area contributed by atoms with Gasteiger partial charge in [-0.05, 0) is 22.9 Å². The lowest BCUT2D eigenvalue weighted by molar-refractivity contribution is 0.0684. The first-order valence-corrected chi connectivity index (χ1v) is 4.86. The molecular weight excluding hydrogens is 267 g/mol. The highest BCUT2D eigenvalue weighted by molar-refractivity contribution is 9.10. The monoisotopic (exact) mass is 272 g/mol. The maximum Gasteiger partial charge on any atom is 0.356 e. The smallest absolute Gasteiger partial charge is 0.356 e. The molecule has 2 heterocycles. The number of hydrogen-bond acceptors (Lipinski definition) is 2. The second kappa shape index (κ2) is 3.30. The molecule has 2 aromatic rings. The summed E-state index contributed by atoms with van der Waals surface area (Å²) in [6.45, 7) is 1.71. The minimum atomic E-state index is -1.31. The van der Waals surface area contributed by atoms with Gasteiger partial charge in [-0.1, -0.05) is 0 Å². The lowest BCUT2D eigenvalue weighted by Gasteiger charge is -1.98. The summed E-state index contributed by atoms with van der Waals surface area (Å²) in [5, 5.41) is 8.87. The van der Waals surface area contributed by atoms with Crippen LogP contribution in [0.5, 0.6) is 0 Å². The van der Waals surface area contributed by atoms with Gasteiger partial charge in [-0.2, -0.15) is 0 Å². The predicted octanol–water partition coefficient (Wildman–Crippen LogP) is 2.24. The number of hydrogen-bond donors (Lipinski definition) is 1. The fourth-order valence-corrected chi connectivity index (χ4v) is 1.86. The first-order chi connectivity index (χ1) is 7.02. The highest BCUT2D eigenvalue weighted by atomic mass is 79.9. The lowest BCUT2D eigenvalue weighted by atomic mass is 10.4. The van der Waals surface area contributed by atoms with Gasteiger partial charge in [-0.15, -0.1) is 0 Å². The molecule has 0 radical (unpaired) electrons. The number of halogens is 2. The van der Waals surface area contributed by atoms with Crippen molar-refractivity contribution in [1.29, 1.82) is 0 Å². The topological polar surface area (TPSA) is 54.6 Å². The summed E-state index contributed by atoms with van der Waals surface area (Å²) in [6.07, 6.45) is 2.90. The minimum Gasteiger partial charge on any atom is -0.476 e. The van der Waals surface area contributed by atoms with Crippen LogP contribution < -0.4 is 0 Å². The Bertz CT molecular complexity index is 565. The van der Waals surface area contributed by atoms with E-state index in [0.29, 0.717) is 11.2 Å². The van der Waals surface area contributed by atoms with Crippen molar-refractivity contribution in [3.05, 3.63) is 34.1 Å². The van der Waals surface area contributed by atoms with Gasteiger partial charge in [0.15, 0.2) is 11.5 Å². The van der Waals surface area contributed by atoms with Crippen LogP contribution in [0.2, 0.25) is 0 Å². The van der Waals surface area contributed by atoms with Crippen molar-refractivity contribution in [3.8, 4) is 0 Å². The molecule has 15 heavy (non-hydrogen) atoms. The molecule has 2 aromatic heterocycles. The molecule has 0 aromatic carbocycles. The van der Waals surface area contributed by atoms with Gasteiger partial charge in [0.1, 0.15) is 0 Å². The van der Waals surface area contributed by atoms with Crippen molar-refractivity contribution < 1.29 is 14.3 Å². The summed E-state index contributed by atoms with van der Waals surface area (Å²) in [7, 11) is 0. The normalized spacial score (nSPS) is 10.9. The summed E-state index contributed by atoms with van der Waals surface area (Å²) >= 11 is 3.00. The van der Waals surface area contributed by atoms with Crippen LogP contribution >= 0.6 is 15.9 Å². The molecule has 0 saturated heterocycles. The van der Waals surface area contributed by atoms with Crippen molar-refractivity contribution >= 4 is 27.4 Å². The third-order valence-electron chi connectivity index (χ3n) is 2.03. The van der Waals surface area contributed by atoms with Gasteiger partial charge in [-0.25, -0.2) is 9.18 Å². The van der Waals surface area contributed by atoms with Crippen LogP contribution in [-0.4, -0.2) is 20.5 Å². The van der Waals surface area contributed by atoms with E-state index >= 15 is 0 Å². The summed E-state index contributed by atoms with van der Waals surface area (Å²) in [4.78, 5) is 14.8. The number of carboxylic acids is 1. The third-order valence-corrected chi connectivity index (χ3v) is 2.79.